The van der Waals surface area contributed by atoms with Gasteiger partial charge in [-0.3, -0.25) is 14.6 Å². The van der Waals surface area contributed by atoms with Crippen LogP contribution in [0.2, 0.25) is 0 Å². The van der Waals surface area contributed by atoms with Crippen LogP contribution in [0.1, 0.15) is 26.3 Å². The molecule has 6 nitrogen and oxygen atoms in total. The first-order valence-corrected chi connectivity index (χ1v) is 9.27. The van der Waals surface area contributed by atoms with Gasteiger partial charge in [-0.1, -0.05) is 30.3 Å². The van der Waals surface area contributed by atoms with Gasteiger partial charge in [-0.2, -0.15) is 0 Å². The quantitative estimate of drug-likeness (QED) is 0.700. The summed E-state index contributed by atoms with van der Waals surface area (Å²) >= 11 is 0. The molecule has 3 rings (SSSR count). The highest BCUT2D eigenvalue weighted by atomic mass is 16.2. The number of aromatic nitrogens is 1. The number of anilines is 2. The summed E-state index contributed by atoms with van der Waals surface area (Å²) in [6.45, 7) is 0.480. The topological polar surface area (TPSA) is 65.5 Å². The molecule has 148 valence electrons. The van der Waals surface area contributed by atoms with E-state index in [-0.39, 0.29) is 11.8 Å². The van der Waals surface area contributed by atoms with Gasteiger partial charge in [0.1, 0.15) is 0 Å². The Morgan fingerprint density at radius 2 is 1.55 bits per heavy atom. The van der Waals surface area contributed by atoms with Gasteiger partial charge in [-0.25, -0.2) is 0 Å². The second-order valence-corrected chi connectivity index (χ2v) is 7.00. The van der Waals surface area contributed by atoms with Crippen molar-refractivity contribution >= 4 is 23.2 Å². The van der Waals surface area contributed by atoms with Gasteiger partial charge in [0.05, 0.1) is 11.1 Å². The van der Waals surface area contributed by atoms with E-state index >= 15 is 0 Å². The van der Waals surface area contributed by atoms with Crippen LogP contribution in [-0.2, 0) is 6.54 Å². The number of carbonyl (C=O) groups excluding carboxylic acids is 2. The van der Waals surface area contributed by atoms with Crippen molar-refractivity contribution in [1.29, 1.82) is 0 Å². The monoisotopic (exact) mass is 388 g/mol. The van der Waals surface area contributed by atoms with Crippen LogP contribution >= 0.6 is 0 Å². The van der Waals surface area contributed by atoms with Crippen LogP contribution in [0.25, 0.3) is 0 Å². The summed E-state index contributed by atoms with van der Waals surface area (Å²) in [5, 5.41) is 2.84. The lowest BCUT2D eigenvalue weighted by molar-refractivity contribution is 0.0784. The van der Waals surface area contributed by atoms with E-state index in [1.54, 1.807) is 18.0 Å². The molecular weight excluding hydrogens is 364 g/mol. The molecule has 29 heavy (non-hydrogen) atoms. The van der Waals surface area contributed by atoms with E-state index in [2.05, 4.69) is 10.3 Å². The molecule has 0 radical (unpaired) electrons. The van der Waals surface area contributed by atoms with Gasteiger partial charge in [0.2, 0.25) is 0 Å². The van der Waals surface area contributed by atoms with Gasteiger partial charge in [0, 0.05) is 51.5 Å². The maximum atomic E-state index is 12.7. The molecular formula is C23H24N4O2. The molecule has 0 aliphatic carbocycles. The molecule has 0 atom stereocenters. The summed E-state index contributed by atoms with van der Waals surface area (Å²) < 4.78 is 0. The lowest BCUT2D eigenvalue weighted by Gasteiger charge is -2.17. The molecule has 0 saturated carbocycles. The number of carbonyl (C=O) groups is 2. The molecule has 0 aliphatic rings. The molecule has 1 heterocycles. The van der Waals surface area contributed by atoms with E-state index in [4.69, 9.17) is 0 Å². The standard InChI is InChI=1S/C23H24N4O2/c1-26(2)21-11-9-20(10-12-21)25-22(28)18-13-19(15-24-14-18)23(29)27(3)16-17-7-5-4-6-8-17/h4-15H,16H2,1-3H3,(H,25,28). The van der Waals surface area contributed by atoms with Gasteiger partial charge >= 0.3 is 0 Å². The van der Waals surface area contributed by atoms with Crippen molar-refractivity contribution in [3.05, 3.63) is 89.7 Å². The first kappa shape index (κ1) is 20.1. The molecule has 6 heteroatoms. The van der Waals surface area contributed by atoms with Gasteiger partial charge < -0.3 is 15.1 Å². The van der Waals surface area contributed by atoms with Crippen molar-refractivity contribution in [3.63, 3.8) is 0 Å². The molecule has 0 bridgehead atoms. The van der Waals surface area contributed by atoms with Gasteiger partial charge in [0.25, 0.3) is 11.8 Å². The number of rotatable bonds is 6. The van der Waals surface area contributed by atoms with Crippen LogP contribution in [0.4, 0.5) is 11.4 Å². The van der Waals surface area contributed by atoms with Crippen LogP contribution in [0.5, 0.6) is 0 Å². The van der Waals surface area contributed by atoms with Crippen molar-refractivity contribution in [2.24, 2.45) is 0 Å². The van der Waals surface area contributed by atoms with Crippen molar-refractivity contribution in [2.45, 2.75) is 6.54 Å². The van der Waals surface area contributed by atoms with Crippen LogP contribution in [-0.4, -0.2) is 42.8 Å². The van der Waals surface area contributed by atoms with E-state index in [1.165, 1.54) is 12.4 Å². The zero-order valence-electron chi connectivity index (χ0n) is 16.8. The highest BCUT2D eigenvalue weighted by Crippen LogP contribution is 2.17. The fraction of sp³-hybridized carbons (Fsp3) is 0.174. The lowest BCUT2D eigenvalue weighted by atomic mass is 10.1. The molecule has 1 aromatic heterocycles. The van der Waals surface area contributed by atoms with Crippen molar-refractivity contribution < 1.29 is 9.59 Å². The zero-order valence-corrected chi connectivity index (χ0v) is 16.8. The summed E-state index contributed by atoms with van der Waals surface area (Å²) in [4.78, 5) is 33.0. The minimum absolute atomic E-state index is 0.189. The Balaban J connectivity index is 1.69. The molecule has 3 aromatic rings. The molecule has 2 amide bonds. The zero-order chi connectivity index (χ0) is 20.8. The van der Waals surface area contributed by atoms with Gasteiger partial charge in [-0.15, -0.1) is 0 Å². The predicted octanol–water partition coefficient (Wildman–Crippen LogP) is 3.67. The van der Waals surface area contributed by atoms with E-state index in [0.29, 0.717) is 23.4 Å². The predicted molar refractivity (Wildman–Crippen MR) is 115 cm³/mol. The molecule has 0 aliphatic heterocycles. The fourth-order valence-corrected chi connectivity index (χ4v) is 2.88. The maximum Gasteiger partial charge on any atom is 0.257 e. The van der Waals surface area contributed by atoms with Crippen LogP contribution in [0.3, 0.4) is 0 Å². The van der Waals surface area contributed by atoms with E-state index < -0.39 is 0 Å². The molecule has 0 unspecified atom stereocenters. The molecule has 0 spiro atoms. The van der Waals surface area contributed by atoms with E-state index in [9.17, 15) is 9.59 Å². The number of nitrogens with zero attached hydrogens (tertiary/aromatic N) is 3. The molecule has 0 saturated heterocycles. The van der Waals surface area contributed by atoms with Gasteiger partial charge in [-0.05, 0) is 35.9 Å². The lowest BCUT2D eigenvalue weighted by Crippen LogP contribution is -2.26. The van der Waals surface area contributed by atoms with E-state index in [1.807, 2.05) is 73.6 Å². The van der Waals surface area contributed by atoms with Crippen molar-refractivity contribution in [1.82, 2.24) is 9.88 Å². The second-order valence-electron chi connectivity index (χ2n) is 7.00. The summed E-state index contributed by atoms with van der Waals surface area (Å²) in [5.41, 5.74) is 3.46. The normalized spacial score (nSPS) is 10.3. The SMILES string of the molecule is CN(Cc1ccccc1)C(=O)c1cncc(C(=O)Nc2ccc(N(C)C)cc2)c1. The summed E-state index contributed by atoms with van der Waals surface area (Å²) in [7, 11) is 5.64. The third-order valence-electron chi connectivity index (χ3n) is 4.50. The Hall–Kier alpha value is -3.67. The molecule has 2 aromatic carbocycles. The number of benzene rings is 2. The first-order chi connectivity index (χ1) is 13.9. The third-order valence-corrected chi connectivity index (χ3v) is 4.50. The minimum atomic E-state index is -0.310. The smallest absolute Gasteiger partial charge is 0.257 e. The molecule has 1 N–H and O–H groups in total. The third kappa shape index (κ3) is 5.19. The van der Waals surface area contributed by atoms with Crippen LogP contribution < -0.4 is 10.2 Å². The Bertz CT molecular complexity index is 985. The van der Waals surface area contributed by atoms with Crippen LogP contribution in [0.15, 0.2) is 73.1 Å². The Morgan fingerprint density at radius 1 is 0.897 bits per heavy atom. The Kier molecular flexibility index (Phi) is 6.24. The number of amides is 2. The highest BCUT2D eigenvalue weighted by molar-refractivity contribution is 6.05. The number of hydrogen-bond acceptors (Lipinski definition) is 4. The maximum absolute atomic E-state index is 12.7. The highest BCUT2D eigenvalue weighted by Gasteiger charge is 2.15. The Morgan fingerprint density at radius 3 is 2.21 bits per heavy atom. The second kappa shape index (κ2) is 9.01. The minimum Gasteiger partial charge on any atom is -0.378 e. The fourth-order valence-electron chi connectivity index (χ4n) is 2.88. The van der Waals surface area contributed by atoms with E-state index in [0.717, 1.165) is 11.3 Å². The van der Waals surface area contributed by atoms with Gasteiger partial charge in [0.15, 0.2) is 0 Å². The summed E-state index contributed by atoms with van der Waals surface area (Å²) in [6.07, 6.45) is 2.93. The Labute approximate surface area is 170 Å². The first-order valence-electron chi connectivity index (χ1n) is 9.27. The number of pyridine rings is 1. The average molecular weight is 388 g/mol. The van der Waals surface area contributed by atoms with Crippen LogP contribution in [0, 0.1) is 0 Å². The number of hydrogen-bond donors (Lipinski definition) is 1. The van der Waals surface area contributed by atoms with Crippen molar-refractivity contribution in [2.75, 3.05) is 31.4 Å². The summed E-state index contributed by atoms with van der Waals surface area (Å²) in [6, 6.07) is 18.8. The van der Waals surface area contributed by atoms with Crippen molar-refractivity contribution in [3.8, 4) is 0 Å². The summed E-state index contributed by atoms with van der Waals surface area (Å²) in [5.74, 6) is -0.498. The largest absolute Gasteiger partial charge is 0.378 e. The average Bonchev–Trinajstić information content (AvgIpc) is 2.74. The number of nitrogens with one attached hydrogen (secondary N) is 1. The molecule has 0 fully saturated rings.